The van der Waals surface area contributed by atoms with E-state index in [9.17, 15) is 0 Å². The van der Waals surface area contributed by atoms with Gasteiger partial charge in [-0.05, 0) is 6.92 Å². The van der Waals surface area contributed by atoms with Gasteiger partial charge in [0.25, 0.3) is 5.97 Å². The lowest BCUT2D eigenvalue weighted by Crippen LogP contribution is -2.37. The molecular formula is C5H12O6Si. The predicted octanol–water partition coefficient (Wildman–Crippen LogP) is -1.07. The fourth-order valence-corrected chi connectivity index (χ4v) is 1.67. The van der Waals surface area contributed by atoms with Crippen LogP contribution in [0.5, 0.6) is 0 Å². The van der Waals surface area contributed by atoms with Crippen LogP contribution in [-0.4, -0.2) is 42.4 Å². The van der Waals surface area contributed by atoms with Gasteiger partial charge < -0.3 is 23.5 Å². The summed E-state index contributed by atoms with van der Waals surface area (Å²) in [6.07, 6.45) is -0.170. The van der Waals surface area contributed by atoms with E-state index < -0.39 is 15.0 Å². The van der Waals surface area contributed by atoms with Crippen LogP contribution in [0, 0.1) is 0 Å². The van der Waals surface area contributed by atoms with Crippen LogP contribution >= 0.6 is 0 Å². The fraction of sp³-hybridized carbons (Fsp3) is 0.800. The van der Waals surface area contributed by atoms with Gasteiger partial charge in [-0.1, -0.05) is 0 Å². The Morgan fingerprint density at radius 1 is 1.58 bits per heavy atom. The summed E-state index contributed by atoms with van der Waals surface area (Å²) < 4.78 is 9.06. The highest BCUT2D eigenvalue weighted by atomic mass is 28.4. The van der Waals surface area contributed by atoms with E-state index in [0.717, 1.165) is 6.92 Å². The number of carbonyl (C=O) groups is 1. The molecule has 6 nitrogen and oxygen atoms in total. The highest BCUT2D eigenvalue weighted by Crippen LogP contribution is 2.11. The van der Waals surface area contributed by atoms with Crippen molar-refractivity contribution in [1.82, 2.24) is 0 Å². The van der Waals surface area contributed by atoms with Crippen molar-refractivity contribution in [2.75, 3.05) is 6.61 Å². The van der Waals surface area contributed by atoms with Crippen molar-refractivity contribution in [2.45, 2.75) is 20.0 Å². The molecule has 7 heteroatoms. The lowest BCUT2D eigenvalue weighted by Gasteiger charge is -2.04. The number of carboxylic acid groups (broad SMARTS) is 1. The van der Waals surface area contributed by atoms with Crippen LogP contribution in [-0.2, 0) is 13.6 Å². The number of aliphatic carboxylic acids is 1. The van der Waals surface area contributed by atoms with E-state index in [2.05, 4.69) is 8.85 Å². The van der Waals surface area contributed by atoms with Crippen molar-refractivity contribution >= 4 is 15.0 Å². The van der Waals surface area contributed by atoms with Crippen LogP contribution in [0.2, 0.25) is 0 Å². The highest BCUT2D eigenvalue weighted by molar-refractivity contribution is 6.50. The summed E-state index contributed by atoms with van der Waals surface area (Å²) >= 11 is 0. The van der Waals surface area contributed by atoms with Crippen molar-refractivity contribution in [3.8, 4) is 0 Å². The molecule has 1 aliphatic heterocycles. The smallest absolute Gasteiger partial charge is 0.481 e. The molecule has 1 unspecified atom stereocenters. The van der Waals surface area contributed by atoms with Gasteiger partial charge in [0.15, 0.2) is 0 Å². The molecule has 0 radical (unpaired) electrons. The maximum absolute atomic E-state index is 9.00. The summed E-state index contributed by atoms with van der Waals surface area (Å²) in [7, 11) is -3.60. The molecule has 1 aliphatic rings. The molecule has 1 saturated heterocycles. The molecule has 0 aromatic carbocycles. The van der Waals surface area contributed by atoms with Gasteiger partial charge in [0.05, 0.1) is 12.7 Å². The first-order chi connectivity index (χ1) is 5.33. The van der Waals surface area contributed by atoms with E-state index in [1.165, 1.54) is 0 Å². The van der Waals surface area contributed by atoms with E-state index in [4.69, 9.17) is 19.5 Å². The minimum Gasteiger partial charge on any atom is -0.481 e. The van der Waals surface area contributed by atoms with E-state index in [-0.39, 0.29) is 6.10 Å². The molecule has 0 amide bonds. The first-order valence-electron chi connectivity index (χ1n) is 3.29. The van der Waals surface area contributed by atoms with E-state index in [1.807, 2.05) is 0 Å². The lowest BCUT2D eigenvalue weighted by atomic mass is 10.5. The van der Waals surface area contributed by atoms with Crippen LogP contribution in [0.3, 0.4) is 0 Å². The van der Waals surface area contributed by atoms with Crippen LogP contribution in [0.25, 0.3) is 0 Å². The Balaban J connectivity index is 0.000000261. The molecule has 0 bridgehead atoms. The van der Waals surface area contributed by atoms with Gasteiger partial charge in [0.1, 0.15) is 0 Å². The van der Waals surface area contributed by atoms with Crippen molar-refractivity contribution < 1.29 is 28.3 Å². The molecule has 12 heavy (non-hydrogen) atoms. The van der Waals surface area contributed by atoms with E-state index >= 15 is 0 Å². The average Bonchev–Trinajstić information content (AvgIpc) is 2.07. The Bertz CT molecular complexity index is 154. The third kappa shape index (κ3) is 6.25. The molecule has 3 N–H and O–H groups in total. The lowest BCUT2D eigenvalue weighted by molar-refractivity contribution is -0.134. The Morgan fingerprint density at radius 2 is 2.00 bits per heavy atom. The van der Waals surface area contributed by atoms with Crippen molar-refractivity contribution in [1.29, 1.82) is 0 Å². The van der Waals surface area contributed by atoms with Gasteiger partial charge in [0.2, 0.25) is 0 Å². The second-order valence-corrected chi connectivity index (χ2v) is 3.93. The fourth-order valence-electron chi connectivity index (χ4n) is 0.556. The summed E-state index contributed by atoms with van der Waals surface area (Å²) in [6, 6.07) is 0. The van der Waals surface area contributed by atoms with Crippen molar-refractivity contribution in [3.05, 3.63) is 0 Å². The number of hydrogen-bond donors (Lipinski definition) is 3. The summed E-state index contributed by atoms with van der Waals surface area (Å²) in [6.45, 7) is 3.10. The number of rotatable bonds is 0. The van der Waals surface area contributed by atoms with Gasteiger partial charge in [-0.2, -0.15) is 0 Å². The zero-order valence-corrected chi connectivity index (χ0v) is 7.85. The van der Waals surface area contributed by atoms with Gasteiger partial charge >= 0.3 is 9.05 Å². The van der Waals surface area contributed by atoms with Crippen molar-refractivity contribution in [3.63, 3.8) is 0 Å². The number of hydrogen-bond acceptors (Lipinski definition) is 5. The predicted molar refractivity (Wildman–Crippen MR) is 40.0 cm³/mol. The molecule has 1 heterocycles. The van der Waals surface area contributed by atoms with Crippen LogP contribution in [0.4, 0.5) is 0 Å². The Labute approximate surface area is 70.8 Å². The van der Waals surface area contributed by atoms with Crippen LogP contribution in [0.15, 0.2) is 0 Å². The second-order valence-electron chi connectivity index (χ2n) is 2.31. The molecule has 1 rings (SSSR count). The van der Waals surface area contributed by atoms with Gasteiger partial charge in [-0.15, -0.1) is 0 Å². The van der Waals surface area contributed by atoms with Gasteiger partial charge in [0, 0.05) is 6.92 Å². The summed E-state index contributed by atoms with van der Waals surface area (Å²) in [5.74, 6) is -0.833. The van der Waals surface area contributed by atoms with Crippen molar-refractivity contribution in [2.24, 2.45) is 0 Å². The maximum atomic E-state index is 9.00. The second kappa shape index (κ2) is 4.53. The molecule has 0 saturated carbocycles. The molecule has 1 atom stereocenters. The third-order valence-corrected chi connectivity index (χ3v) is 2.11. The van der Waals surface area contributed by atoms with Gasteiger partial charge in [-0.3, -0.25) is 4.79 Å². The largest absolute Gasteiger partial charge is 0.674 e. The normalized spacial score (nSPS) is 25.8. The molecular weight excluding hydrogens is 184 g/mol. The Kier molecular flexibility index (Phi) is 4.35. The van der Waals surface area contributed by atoms with E-state index in [1.54, 1.807) is 6.92 Å². The molecule has 0 aromatic heterocycles. The minimum absolute atomic E-state index is 0.170. The SMILES string of the molecule is CC(=O)O.CC1CO[Si](O)(O)O1. The summed E-state index contributed by atoms with van der Waals surface area (Å²) in [5.41, 5.74) is 0. The Hall–Kier alpha value is -0.473. The molecule has 0 aromatic rings. The zero-order valence-electron chi connectivity index (χ0n) is 6.85. The molecule has 72 valence electrons. The monoisotopic (exact) mass is 196 g/mol. The van der Waals surface area contributed by atoms with E-state index in [0.29, 0.717) is 6.61 Å². The quantitative estimate of drug-likeness (QED) is 0.427. The van der Waals surface area contributed by atoms with Crippen LogP contribution in [0.1, 0.15) is 13.8 Å². The molecule has 1 fully saturated rings. The molecule has 0 spiro atoms. The zero-order chi connectivity index (χ0) is 9.78. The average molecular weight is 196 g/mol. The summed E-state index contributed by atoms with van der Waals surface area (Å²) in [5, 5.41) is 7.42. The third-order valence-electron chi connectivity index (χ3n) is 0.861. The Morgan fingerprint density at radius 3 is 2.08 bits per heavy atom. The highest BCUT2D eigenvalue weighted by Gasteiger charge is 2.44. The maximum Gasteiger partial charge on any atom is 0.674 e. The first-order valence-corrected chi connectivity index (χ1v) is 5.00. The van der Waals surface area contributed by atoms with Crippen LogP contribution < -0.4 is 0 Å². The number of carboxylic acids is 1. The standard InChI is InChI=1S/C3H8O4Si.C2H4O2/c1-3-2-6-8(4,5)7-3;1-2(3)4/h3-5H,2H2,1H3;1H3,(H,3,4). The minimum atomic E-state index is -3.60. The topological polar surface area (TPSA) is 96.2 Å². The first kappa shape index (κ1) is 11.5. The summed E-state index contributed by atoms with van der Waals surface area (Å²) in [4.78, 5) is 26.2. The van der Waals surface area contributed by atoms with Gasteiger partial charge in [-0.25, -0.2) is 0 Å². The molecule has 0 aliphatic carbocycles.